The van der Waals surface area contributed by atoms with Gasteiger partial charge in [0.1, 0.15) is 18.0 Å². The quantitative estimate of drug-likeness (QED) is 0.606. The Morgan fingerprint density at radius 3 is 2.70 bits per heavy atom. The van der Waals surface area contributed by atoms with Crippen molar-refractivity contribution in [1.29, 1.82) is 0 Å². The zero-order chi connectivity index (χ0) is 14.7. The van der Waals surface area contributed by atoms with E-state index < -0.39 is 16.5 Å². The molecule has 20 heavy (non-hydrogen) atoms. The summed E-state index contributed by atoms with van der Waals surface area (Å²) in [4.78, 5) is 7.50. The third kappa shape index (κ3) is 3.43. The second-order valence-corrected chi connectivity index (χ2v) is 5.52. The molecule has 0 amide bonds. The summed E-state index contributed by atoms with van der Waals surface area (Å²) in [5.41, 5.74) is 0.831. The maximum atomic E-state index is 13.8. The highest BCUT2D eigenvalue weighted by Crippen LogP contribution is 2.31. The molecule has 106 valence electrons. The first-order valence-corrected chi connectivity index (χ1v) is 6.94. The molecular formula is C13H10BrClF2N2O. The molecule has 7 heteroatoms. The molecule has 1 aromatic heterocycles. The van der Waals surface area contributed by atoms with Crippen molar-refractivity contribution in [2.24, 2.45) is 0 Å². The van der Waals surface area contributed by atoms with E-state index in [1.54, 1.807) is 6.07 Å². The Balaban J connectivity index is 2.23. The van der Waals surface area contributed by atoms with Gasteiger partial charge in [0.25, 0.3) is 0 Å². The van der Waals surface area contributed by atoms with Crippen molar-refractivity contribution >= 4 is 27.5 Å². The van der Waals surface area contributed by atoms with E-state index in [0.29, 0.717) is 18.0 Å². The third-order valence-corrected chi connectivity index (χ3v) is 3.78. The molecule has 0 aliphatic rings. The summed E-state index contributed by atoms with van der Waals surface area (Å²) in [5.74, 6) is -0.815. The van der Waals surface area contributed by atoms with Gasteiger partial charge in [-0.15, -0.1) is 0 Å². The molecule has 1 atom stereocenters. The van der Waals surface area contributed by atoms with Gasteiger partial charge in [0.2, 0.25) is 5.88 Å². The number of rotatable bonds is 4. The second kappa shape index (κ2) is 6.45. The van der Waals surface area contributed by atoms with Crippen LogP contribution in [0, 0.1) is 11.6 Å². The van der Waals surface area contributed by atoms with Gasteiger partial charge in [-0.3, -0.25) is 0 Å². The zero-order valence-electron chi connectivity index (χ0n) is 10.4. The van der Waals surface area contributed by atoms with Crippen LogP contribution < -0.4 is 4.74 Å². The molecule has 1 unspecified atom stereocenters. The van der Waals surface area contributed by atoms with Crippen LogP contribution in [-0.2, 0) is 6.42 Å². The fourth-order valence-corrected chi connectivity index (χ4v) is 2.50. The maximum absolute atomic E-state index is 13.8. The average Bonchev–Trinajstić information content (AvgIpc) is 2.43. The molecule has 0 radical (unpaired) electrons. The summed E-state index contributed by atoms with van der Waals surface area (Å²) in [6.07, 6.45) is 1.71. The second-order valence-electron chi connectivity index (χ2n) is 4.01. The van der Waals surface area contributed by atoms with Gasteiger partial charge in [0.15, 0.2) is 0 Å². The van der Waals surface area contributed by atoms with Crippen LogP contribution in [0.2, 0.25) is 5.02 Å². The SMILES string of the molecule is COc1cc(CC(Br)c2cc(F)c(Cl)cc2F)ncn1. The van der Waals surface area contributed by atoms with Crippen molar-refractivity contribution < 1.29 is 13.5 Å². The van der Waals surface area contributed by atoms with Gasteiger partial charge in [-0.25, -0.2) is 18.7 Å². The van der Waals surface area contributed by atoms with Crippen LogP contribution in [-0.4, -0.2) is 17.1 Å². The molecule has 0 aliphatic heterocycles. The number of nitrogens with zero attached hydrogens (tertiary/aromatic N) is 2. The van der Waals surface area contributed by atoms with Crippen molar-refractivity contribution in [3.8, 4) is 5.88 Å². The first-order valence-electron chi connectivity index (χ1n) is 5.64. The monoisotopic (exact) mass is 362 g/mol. The van der Waals surface area contributed by atoms with E-state index in [1.807, 2.05) is 0 Å². The van der Waals surface area contributed by atoms with Gasteiger partial charge >= 0.3 is 0 Å². The highest BCUT2D eigenvalue weighted by Gasteiger charge is 2.17. The first-order chi connectivity index (χ1) is 9.51. The van der Waals surface area contributed by atoms with Crippen LogP contribution in [0.3, 0.4) is 0 Å². The summed E-state index contributed by atoms with van der Waals surface area (Å²) < 4.78 is 32.2. The van der Waals surface area contributed by atoms with Gasteiger partial charge in [0.05, 0.1) is 12.1 Å². The van der Waals surface area contributed by atoms with E-state index in [-0.39, 0.29) is 10.6 Å². The Hall–Kier alpha value is -1.27. The summed E-state index contributed by atoms with van der Waals surface area (Å²) in [5, 5.41) is -0.241. The van der Waals surface area contributed by atoms with Crippen molar-refractivity contribution in [1.82, 2.24) is 9.97 Å². The molecule has 0 saturated heterocycles. The molecule has 0 bridgehead atoms. The summed E-state index contributed by atoms with van der Waals surface area (Å²) in [7, 11) is 1.49. The summed E-state index contributed by atoms with van der Waals surface area (Å²) >= 11 is 8.85. The van der Waals surface area contributed by atoms with E-state index in [4.69, 9.17) is 16.3 Å². The lowest BCUT2D eigenvalue weighted by molar-refractivity contribution is 0.396. The van der Waals surface area contributed by atoms with Gasteiger partial charge in [-0.05, 0) is 12.1 Å². The molecule has 0 fully saturated rings. The Bertz CT molecular complexity index is 627. The normalized spacial score (nSPS) is 12.2. The lowest BCUT2D eigenvalue weighted by atomic mass is 10.1. The number of halogens is 4. The Morgan fingerprint density at radius 2 is 2.00 bits per heavy atom. The predicted octanol–water partition coefficient (Wildman–Crippen LogP) is 4.10. The lowest BCUT2D eigenvalue weighted by Crippen LogP contribution is -2.02. The molecule has 1 heterocycles. The van der Waals surface area contributed by atoms with E-state index >= 15 is 0 Å². The average molecular weight is 364 g/mol. The van der Waals surface area contributed by atoms with Crippen LogP contribution in [0.4, 0.5) is 8.78 Å². The number of hydrogen-bond acceptors (Lipinski definition) is 3. The lowest BCUT2D eigenvalue weighted by Gasteiger charge is -2.12. The number of methoxy groups -OCH3 is 1. The van der Waals surface area contributed by atoms with Gasteiger partial charge < -0.3 is 4.74 Å². The van der Waals surface area contributed by atoms with Crippen molar-refractivity contribution in [2.45, 2.75) is 11.2 Å². The minimum atomic E-state index is -0.659. The summed E-state index contributed by atoms with van der Waals surface area (Å²) in [6.45, 7) is 0. The van der Waals surface area contributed by atoms with Crippen molar-refractivity contribution in [3.63, 3.8) is 0 Å². The van der Waals surface area contributed by atoms with E-state index in [0.717, 1.165) is 12.1 Å². The number of hydrogen-bond donors (Lipinski definition) is 0. The third-order valence-electron chi connectivity index (χ3n) is 2.67. The van der Waals surface area contributed by atoms with Crippen molar-refractivity contribution in [3.05, 3.63) is 52.4 Å². The Morgan fingerprint density at radius 1 is 1.25 bits per heavy atom. The van der Waals surface area contributed by atoms with Crippen LogP contribution >= 0.6 is 27.5 Å². The highest BCUT2D eigenvalue weighted by molar-refractivity contribution is 9.09. The van der Waals surface area contributed by atoms with Gasteiger partial charge in [0, 0.05) is 28.6 Å². The highest BCUT2D eigenvalue weighted by atomic mass is 79.9. The summed E-state index contributed by atoms with van der Waals surface area (Å²) in [6, 6.07) is 3.68. The predicted molar refractivity (Wildman–Crippen MR) is 75.3 cm³/mol. The Labute approximate surface area is 128 Å². The molecule has 2 rings (SSSR count). The fraction of sp³-hybridized carbons (Fsp3) is 0.231. The molecule has 0 saturated carbocycles. The molecule has 0 N–H and O–H groups in total. The topological polar surface area (TPSA) is 35.0 Å². The number of alkyl halides is 1. The maximum Gasteiger partial charge on any atom is 0.216 e. The van der Waals surface area contributed by atoms with Crippen LogP contribution in [0.5, 0.6) is 5.88 Å². The number of aromatic nitrogens is 2. The molecule has 2 aromatic rings. The van der Waals surface area contributed by atoms with Gasteiger partial charge in [-0.2, -0.15) is 0 Å². The molecule has 3 nitrogen and oxygen atoms in total. The molecule has 0 aliphatic carbocycles. The van der Waals surface area contributed by atoms with Crippen LogP contribution in [0.25, 0.3) is 0 Å². The minimum absolute atomic E-state index is 0.185. The number of ether oxygens (including phenoxy) is 1. The Kier molecular flexibility index (Phi) is 4.88. The largest absolute Gasteiger partial charge is 0.481 e. The fourth-order valence-electron chi connectivity index (χ4n) is 1.67. The van der Waals surface area contributed by atoms with Crippen LogP contribution in [0.15, 0.2) is 24.5 Å². The zero-order valence-corrected chi connectivity index (χ0v) is 12.8. The molecular weight excluding hydrogens is 354 g/mol. The minimum Gasteiger partial charge on any atom is -0.481 e. The van der Waals surface area contributed by atoms with Gasteiger partial charge in [-0.1, -0.05) is 27.5 Å². The number of benzene rings is 1. The van der Waals surface area contributed by atoms with Crippen LogP contribution in [0.1, 0.15) is 16.1 Å². The molecule has 0 spiro atoms. The van der Waals surface area contributed by atoms with E-state index in [1.165, 1.54) is 13.4 Å². The smallest absolute Gasteiger partial charge is 0.216 e. The van der Waals surface area contributed by atoms with E-state index in [9.17, 15) is 8.78 Å². The standard InChI is InChI=1S/C13H10BrClF2N2O/c1-20-13-3-7(18-6-19-13)2-9(14)8-4-12(17)10(15)5-11(8)16/h3-6,9H,2H2,1H3. The van der Waals surface area contributed by atoms with E-state index in [2.05, 4.69) is 25.9 Å². The molecule has 1 aromatic carbocycles. The van der Waals surface area contributed by atoms with Crippen molar-refractivity contribution in [2.75, 3.05) is 7.11 Å². The first kappa shape index (κ1) is 15.1.